The zero-order chi connectivity index (χ0) is 5.15. The molecule has 0 aliphatic rings. The van der Waals surface area contributed by atoms with Crippen molar-refractivity contribution in [3.8, 4) is 0 Å². The van der Waals surface area contributed by atoms with Crippen molar-refractivity contribution >= 4 is 11.9 Å². The molecule has 0 bridgehead atoms. The molecule has 0 spiro atoms. The van der Waals surface area contributed by atoms with Crippen LogP contribution in [0.3, 0.4) is 0 Å². The first-order valence-electron chi connectivity index (χ1n) is 1.09. The van der Waals surface area contributed by atoms with Gasteiger partial charge in [0.2, 0.25) is 0 Å². The minimum Gasteiger partial charge on any atom is -0.539 e. The van der Waals surface area contributed by atoms with Crippen molar-refractivity contribution in [1.82, 2.24) is 0 Å². The maximum Gasteiger partial charge on any atom is 1.00 e. The van der Waals surface area contributed by atoms with Gasteiger partial charge in [-0.1, -0.05) is 0 Å². The minimum atomic E-state index is -2.07. The summed E-state index contributed by atoms with van der Waals surface area (Å²) in [6.45, 7) is 0. The summed E-state index contributed by atoms with van der Waals surface area (Å²) >= 11 is 0. The number of carbonyl (C=O) groups excluding carboxylic acids is 1. The normalized spacial score (nSPS) is 6.29. The van der Waals surface area contributed by atoms with Crippen LogP contribution in [-0.2, 0) is 9.59 Å². The fraction of sp³-hybridized carbons (Fsp3) is 0. The molecular formula is C2HLiO4. The summed E-state index contributed by atoms with van der Waals surface area (Å²) in [5.41, 5.74) is 0. The number of aliphatic carboxylic acids is 2. The SMILES string of the molecule is O=C([O-])C(=O)O.[Li+]. The number of rotatable bonds is 0. The predicted molar refractivity (Wildman–Crippen MR) is 12.6 cm³/mol. The maximum absolute atomic E-state index is 9.04. The molecule has 0 rings (SSSR count). The van der Waals surface area contributed by atoms with Gasteiger partial charge in [0.05, 0.1) is 0 Å². The average Bonchev–Trinajstić information content (AvgIpc) is 1.36. The van der Waals surface area contributed by atoms with E-state index in [2.05, 4.69) is 0 Å². The van der Waals surface area contributed by atoms with E-state index >= 15 is 0 Å². The molecule has 0 aliphatic carbocycles. The van der Waals surface area contributed by atoms with Crippen molar-refractivity contribution in [2.45, 2.75) is 0 Å². The molecule has 34 valence electrons. The van der Waals surface area contributed by atoms with Crippen molar-refractivity contribution in [1.29, 1.82) is 0 Å². The molecule has 0 amide bonds. The zero-order valence-electron chi connectivity index (χ0n) is 3.67. The van der Waals surface area contributed by atoms with Gasteiger partial charge in [-0.15, -0.1) is 0 Å². The second-order valence-electron chi connectivity index (χ2n) is 0.593. The third-order valence-corrected chi connectivity index (χ3v) is 0.175. The quantitative estimate of drug-likeness (QED) is 0.241. The van der Waals surface area contributed by atoms with Gasteiger partial charge < -0.3 is 15.0 Å². The molecule has 0 fully saturated rings. The number of carbonyl (C=O) groups is 2. The Balaban J connectivity index is 0. The molecule has 0 saturated heterocycles. The van der Waals surface area contributed by atoms with Crippen molar-refractivity contribution in [2.24, 2.45) is 0 Å². The Kier molecular flexibility index (Phi) is 5.17. The second kappa shape index (κ2) is 3.72. The van der Waals surface area contributed by atoms with E-state index in [9.17, 15) is 0 Å². The smallest absolute Gasteiger partial charge is 0.539 e. The maximum atomic E-state index is 9.04. The zero-order valence-corrected chi connectivity index (χ0v) is 3.67. The van der Waals surface area contributed by atoms with Crippen molar-refractivity contribution in [2.75, 3.05) is 0 Å². The molecule has 0 aromatic heterocycles. The van der Waals surface area contributed by atoms with Gasteiger partial charge in [-0.05, 0) is 0 Å². The molecule has 7 heavy (non-hydrogen) atoms. The molecule has 4 nitrogen and oxygen atoms in total. The van der Waals surface area contributed by atoms with Crippen LogP contribution in [0.2, 0.25) is 0 Å². The van der Waals surface area contributed by atoms with Crippen LogP contribution < -0.4 is 24.0 Å². The van der Waals surface area contributed by atoms with Gasteiger partial charge in [0.15, 0.2) is 5.97 Å². The molecular weight excluding hydrogens is 95.0 g/mol. The molecule has 0 saturated carbocycles. The Morgan fingerprint density at radius 3 is 1.57 bits per heavy atom. The van der Waals surface area contributed by atoms with Crippen LogP contribution >= 0.6 is 0 Å². The van der Waals surface area contributed by atoms with E-state index < -0.39 is 11.9 Å². The van der Waals surface area contributed by atoms with Gasteiger partial charge in [-0.3, -0.25) is 0 Å². The van der Waals surface area contributed by atoms with E-state index in [1.54, 1.807) is 0 Å². The third kappa shape index (κ3) is 5.54. The van der Waals surface area contributed by atoms with Gasteiger partial charge in [-0.25, -0.2) is 4.79 Å². The standard InChI is InChI=1S/C2H2O4.Li/c3-1(4)2(5)6;/h(H,3,4)(H,5,6);/q;+1/p-1. The second-order valence-corrected chi connectivity index (χ2v) is 0.593. The van der Waals surface area contributed by atoms with Crippen LogP contribution in [0.5, 0.6) is 0 Å². The van der Waals surface area contributed by atoms with E-state index in [4.69, 9.17) is 19.8 Å². The van der Waals surface area contributed by atoms with Gasteiger partial charge in [0.25, 0.3) is 0 Å². The van der Waals surface area contributed by atoms with Crippen LogP contribution in [0, 0.1) is 0 Å². The van der Waals surface area contributed by atoms with Crippen molar-refractivity contribution in [3.05, 3.63) is 0 Å². The van der Waals surface area contributed by atoms with Gasteiger partial charge >= 0.3 is 24.8 Å². The number of carboxylic acids is 2. The molecule has 0 aromatic carbocycles. The first kappa shape index (κ1) is 9.74. The molecule has 0 unspecified atom stereocenters. The minimum absolute atomic E-state index is 0. The summed E-state index contributed by atoms with van der Waals surface area (Å²) in [7, 11) is 0. The van der Waals surface area contributed by atoms with E-state index in [1.165, 1.54) is 0 Å². The molecule has 0 heterocycles. The monoisotopic (exact) mass is 96.0 g/mol. The Morgan fingerprint density at radius 1 is 1.43 bits per heavy atom. The van der Waals surface area contributed by atoms with Crippen LogP contribution in [0.1, 0.15) is 0 Å². The summed E-state index contributed by atoms with van der Waals surface area (Å²) in [6, 6.07) is 0. The van der Waals surface area contributed by atoms with Crippen LogP contribution in [0.15, 0.2) is 0 Å². The van der Waals surface area contributed by atoms with Crippen LogP contribution in [0.25, 0.3) is 0 Å². The first-order chi connectivity index (χ1) is 2.64. The van der Waals surface area contributed by atoms with E-state index in [0.717, 1.165) is 0 Å². The Bertz CT molecular complexity index is 75.7. The summed E-state index contributed by atoms with van der Waals surface area (Å²) in [5, 5.41) is 16.3. The first-order valence-corrected chi connectivity index (χ1v) is 1.09. The summed E-state index contributed by atoms with van der Waals surface area (Å²) < 4.78 is 0. The summed E-state index contributed by atoms with van der Waals surface area (Å²) in [6.07, 6.45) is 0. The van der Waals surface area contributed by atoms with Crippen molar-refractivity contribution in [3.63, 3.8) is 0 Å². The number of hydrogen-bond acceptors (Lipinski definition) is 3. The summed E-state index contributed by atoms with van der Waals surface area (Å²) in [4.78, 5) is 18.0. The van der Waals surface area contributed by atoms with Crippen LogP contribution in [-0.4, -0.2) is 17.0 Å². The predicted octanol–water partition coefficient (Wildman–Crippen LogP) is -5.18. The average molecular weight is 96.0 g/mol. The van der Waals surface area contributed by atoms with E-state index in [1.807, 2.05) is 0 Å². The number of carboxylic acid groups (broad SMARTS) is 2. The Labute approximate surface area is 51.3 Å². The van der Waals surface area contributed by atoms with Crippen molar-refractivity contribution < 1.29 is 38.7 Å². The number of hydrogen-bond donors (Lipinski definition) is 1. The van der Waals surface area contributed by atoms with E-state index in [0.29, 0.717) is 0 Å². The van der Waals surface area contributed by atoms with Crippen LogP contribution in [0.4, 0.5) is 0 Å². The Hall–Kier alpha value is -0.463. The largest absolute Gasteiger partial charge is 1.00 e. The molecule has 0 radical (unpaired) electrons. The Morgan fingerprint density at radius 2 is 1.57 bits per heavy atom. The molecule has 1 N–H and O–H groups in total. The van der Waals surface area contributed by atoms with E-state index in [-0.39, 0.29) is 18.9 Å². The molecule has 0 aliphatic heterocycles. The molecule has 0 aromatic rings. The molecule has 0 atom stereocenters. The van der Waals surface area contributed by atoms with Gasteiger partial charge in [-0.2, -0.15) is 0 Å². The molecule has 5 heteroatoms. The summed E-state index contributed by atoms with van der Waals surface area (Å²) in [5.74, 6) is -4.01. The fourth-order valence-electron chi connectivity index (χ4n) is 0. The fourth-order valence-corrected chi connectivity index (χ4v) is 0. The topological polar surface area (TPSA) is 77.4 Å². The third-order valence-electron chi connectivity index (χ3n) is 0.175. The van der Waals surface area contributed by atoms with Gasteiger partial charge in [0, 0.05) is 0 Å². The van der Waals surface area contributed by atoms with Gasteiger partial charge in [0.1, 0.15) is 0 Å².